The summed E-state index contributed by atoms with van der Waals surface area (Å²) in [7, 11) is 0. The van der Waals surface area contributed by atoms with E-state index in [0.29, 0.717) is 37.9 Å². The maximum Gasteiger partial charge on any atom is 0.351 e. The number of esters is 2. The number of hydrogen-bond donors (Lipinski definition) is 2. The van der Waals surface area contributed by atoms with E-state index in [9.17, 15) is 9.59 Å². The highest BCUT2D eigenvalue weighted by molar-refractivity contribution is 6.09. The average molecular weight is 545 g/mol. The van der Waals surface area contributed by atoms with Crippen molar-refractivity contribution in [3.05, 3.63) is 35.4 Å². The standard InChI is InChI=1S/C30H44N2O7/c1-5-9-13-35-21-17-23(31)27(25(19-21)37-15-11-7-3)29(33)39-30(34)28-24(32)18-22(36-14-10-6-2)20-26(28)38-16-12-8-4/h17-20H,5-16,31-32H2,1-4H3. The number of nitrogens with two attached hydrogens (primary N) is 2. The molecule has 0 heterocycles. The molecule has 216 valence electrons. The Bertz CT molecular complexity index is 988. The molecule has 0 aromatic heterocycles. The van der Waals surface area contributed by atoms with E-state index in [1.807, 2.05) is 13.8 Å². The molecule has 0 bridgehead atoms. The molecule has 2 rings (SSSR count). The molecule has 0 spiro atoms. The lowest BCUT2D eigenvalue weighted by atomic mass is 10.1. The molecular weight excluding hydrogens is 500 g/mol. The molecular formula is C30H44N2O7. The number of nitrogen functional groups attached to an aromatic ring is 2. The van der Waals surface area contributed by atoms with E-state index in [4.69, 9.17) is 35.2 Å². The number of rotatable bonds is 18. The van der Waals surface area contributed by atoms with Crippen molar-refractivity contribution < 1.29 is 33.3 Å². The van der Waals surface area contributed by atoms with Crippen molar-refractivity contribution >= 4 is 23.3 Å². The van der Waals surface area contributed by atoms with Gasteiger partial charge < -0.3 is 35.2 Å². The van der Waals surface area contributed by atoms with Gasteiger partial charge in [0, 0.05) is 24.3 Å². The number of benzene rings is 2. The third-order valence-electron chi connectivity index (χ3n) is 5.85. The minimum Gasteiger partial charge on any atom is -0.493 e. The van der Waals surface area contributed by atoms with Crippen molar-refractivity contribution in [2.45, 2.75) is 79.1 Å². The largest absolute Gasteiger partial charge is 0.493 e. The van der Waals surface area contributed by atoms with Gasteiger partial charge in [-0.05, 0) is 25.7 Å². The summed E-state index contributed by atoms with van der Waals surface area (Å²) >= 11 is 0. The summed E-state index contributed by atoms with van der Waals surface area (Å²) in [6, 6.07) is 6.25. The summed E-state index contributed by atoms with van der Waals surface area (Å²) < 4.78 is 28.5. The van der Waals surface area contributed by atoms with Crippen LogP contribution in [0.2, 0.25) is 0 Å². The molecule has 0 aliphatic rings. The van der Waals surface area contributed by atoms with Gasteiger partial charge in [-0.2, -0.15) is 0 Å². The number of hydrogen-bond acceptors (Lipinski definition) is 9. The second kappa shape index (κ2) is 17.1. The first kappa shape index (κ1) is 31.6. The van der Waals surface area contributed by atoms with Crippen molar-refractivity contribution in [1.82, 2.24) is 0 Å². The molecule has 0 radical (unpaired) electrons. The lowest BCUT2D eigenvalue weighted by Crippen LogP contribution is -2.18. The van der Waals surface area contributed by atoms with Gasteiger partial charge in [-0.1, -0.05) is 53.4 Å². The van der Waals surface area contributed by atoms with E-state index < -0.39 is 11.9 Å². The van der Waals surface area contributed by atoms with Crippen molar-refractivity contribution in [1.29, 1.82) is 0 Å². The summed E-state index contributed by atoms with van der Waals surface area (Å²) in [5, 5.41) is 0. The molecule has 39 heavy (non-hydrogen) atoms. The van der Waals surface area contributed by atoms with E-state index in [0.717, 1.165) is 51.4 Å². The van der Waals surface area contributed by atoms with Crippen molar-refractivity contribution in [3.8, 4) is 23.0 Å². The minimum absolute atomic E-state index is 0.0474. The maximum atomic E-state index is 13.2. The van der Waals surface area contributed by atoms with Crippen LogP contribution in [0.4, 0.5) is 11.4 Å². The Balaban J connectivity index is 2.35. The number of ether oxygens (including phenoxy) is 5. The normalized spacial score (nSPS) is 10.7. The van der Waals surface area contributed by atoms with Gasteiger partial charge in [-0.3, -0.25) is 0 Å². The Morgan fingerprint density at radius 3 is 1.23 bits per heavy atom. The molecule has 2 aromatic rings. The number of carbonyl (C=O) groups is 2. The molecule has 0 saturated heterocycles. The van der Waals surface area contributed by atoms with Crippen molar-refractivity contribution in [3.63, 3.8) is 0 Å². The molecule has 9 heteroatoms. The van der Waals surface area contributed by atoms with Gasteiger partial charge in [0.25, 0.3) is 0 Å². The van der Waals surface area contributed by atoms with Crippen LogP contribution < -0.4 is 30.4 Å². The van der Waals surface area contributed by atoms with Gasteiger partial charge >= 0.3 is 11.9 Å². The fourth-order valence-corrected chi connectivity index (χ4v) is 3.56. The van der Waals surface area contributed by atoms with Gasteiger partial charge in [0.2, 0.25) is 0 Å². The van der Waals surface area contributed by atoms with Crippen LogP contribution in [0.15, 0.2) is 24.3 Å². The fourth-order valence-electron chi connectivity index (χ4n) is 3.56. The zero-order chi connectivity index (χ0) is 28.6. The minimum atomic E-state index is -0.953. The SMILES string of the molecule is CCCCOc1cc(N)c(C(=O)OC(=O)c2c(N)cc(OCCCC)cc2OCCCC)c(OCCCC)c1. The zero-order valence-electron chi connectivity index (χ0n) is 23.8. The summed E-state index contributed by atoms with van der Waals surface area (Å²) in [5.74, 6) is -0.563. The summed E-state index contributed by atoms with van der Waals surface area (Å²) in [5.41, 5.74) is 12.5. The lowest BCUT2D eigenvalue weighted by Gasteiger charge is -2.17. The number of carbonyl (C=O) groups excluding carboxylic acids is 2. The second-order valence-corrected chi connectivity index (χ2v) is 9.26. The molecule has 0 amide bonds. The van der Waals surface area contributed by atoms with Crippen LogP contribution in [-0.2, 0) is 4.74 Å². The van der Waals surface area contributed by atoms with Crippen LogP contribution in [0, 0.1) is 0 Å². The van der Waals surface area contributed by atoms with Crippen LogP contribution in [0.5, 0.6) is 23.0 Å². The molecule has 0 unspecified atom stereocenters. The molecule has 2 aromatic carbocycles. The lowest BCUT2D eigenvalue weighted by molar-refractivity contribution is 0.0394. The quantitative estimate of drug-likeness (QED) is 0.0926. The Kier molecular flexibility index (Phi) is 13.8. The van der Waals surface area contributed by atoms with Gasteiger partial charge in [0.1, 0.15) is 34.1 Å². The molecule has 0 aliphatic carbocycles. The van der Waals surface area contributed by atoms with E-state index in [2.05, 4.69) is 13.8 Å². The Labute approximate surface area is 232 Å². The predicted octanol–water partition coefficient (Wildman–Crippen LogP) is 6.56. The molecule has 4 N–H and O–H groups in total. The first-order valence-electron chi connectivity index (χ1n) is 14.0. The average Bonchev–Trinajstić information content (AvgIpc) is 2.89. The van der Waals surface area contributed by atoms with Crippen LogP contribution >= 0.6 is 0 Å². The summed E-state index contributed by atoms with van der Waals surface area (Å²) in [6.45, 7) is 9.92. The second-order valence-electron chi connectivity index (χ2n) is 9.26. The molecule has 0 aliphatic heterocycles. The van der Waals surface area contributed by atoms with Crippen LogP contribution in [0.25, 0.3) is 0 Å². The molecule has 0 atom stereocenters. The van der Waals surface area contributed by atoms with Crippen LogP contribution in [0.3, 0.4) is 0 Å². The predicted molar refractivity (Wildman–Crippen MR) is 153 cm³/mol. The highest BCUT2D eigenvalue weighted by atomic mass is 16.6. The summed E-state index contributed by atoms with van der Waals surface area (Å²) in [4.78, 5) is 26.5. The van der Waals surface area contributed by atoms with E-state index in [-0.39, 0.29) is 34.0 Å². The third-order valence-corrected chi connectivity index (χ3v) is 5.85. The molecule has 9 nitrogen and oxygen atoms in total. The van der Waals surface area contributed by atoms with Crippen molar-refractivity contribution in [2.24, 2.45) is 0 Å². The first-order valence-corrected chi connectivity index (χ1v) is 14.0. The smallest absolute Gasteiger partial charge is 0.351 e. The Morgan fingerprint density at radius 1 is 0.564 bits per heavy atom. The van der Waals surface area contributed by atoms with Gasteiger partial charge in [-0.25, -0.2) is 9.59 Å². The van der Waals surface area contributed by atoms with Crippen molar-refractivity contribution in [2.75, 3.05) is 37.9 Å². The molecule has 0 saturated carbocycles. The Morgan fingerprint density at radius 2 is 0.897 bits per heavy atom. The topological polar surface area (TPSA) is 132 Å². The molecule has 0 fully saturated rings. The number of anilines is 2. The third kappa shape index (κ3) is 9.89. The van der Waals surface area contributed by atoms with E-state index in [1.54, 1.807) is 12.1 Å². The van der Waals surface area contributed by atoms with Gasteiger partial charge in [0.15, 0.2) is 0 Å². The highest BCUT2D eigenvalue weighted by Crippen LogP contribution is 2.35. The highest BCUT2D eigenvalue weighted by Gasteiger charge is 2.27. The summed E-state index contributed by atoms with van der Waals surface area (Å²) in [6.07, 6.45) is 7.04. The number of unbranched alkanes of at least 4 members (excludes halogenated alkanes) is 4. The van der Waals surface area contributed by atoms with E-state index >= 15 is 0 Å². The van der Waals surface area contributed by atoms with Crippen LogP contribution in [-0.4, -0.2) is 38.4 Å². The van der Waals surface area contributed by atoms with Crippen LogP contribution in [0.1, 0.15) is 99.8 Å². The van der Waals surface area contributed by atoms with Gasteiger partial charge in [0.05, 0.1) is 37.8 Å². The Hall–Kier alpha value is -3.62. The zero-order valence-corrected chi connectivity index (χ0v) is 23.8. The van der Waals surface area contributed by atoms with Gasteiger partial charge in [-0.15, -0.1) is 0 Å². The first-order chi connectivity index (χ1) is 18.9. The monoisotopic (exact) mass is 544 g/mol. The van der Waals surface area contributed by atoms with E-state index in [1.165, 1.54) is 12.1 Å². The maximum absolute atomic E-state index is 13.2. The fraction of sp³-hybridized carbons (Fsp3) is 0.533.